The van der Waals surface area contributed by atoms with Crippen LogP contribution in [0.4, 0.5) is 0 Å². The van der Waals surface area contributed by atoms with Gasteiger partial charge < -0.3 is 10.4 Å². The van der Waals surface area contributed by atoms with Crippen LogP contribution in [0.5, 0.6) is 0 Å². The first-order valence-electron chi connectivity index (χ1n) is 6.45. The van der Waals surface area contributed by atoms with Gasteiger partial charge in [0.05, 0.1) is 5.60 Å². The maximum absolute atomic E-state index is 11.4. The second kappa shape index (κ2) is 8.57. The lowest BCUT2D eigenvalue weighted by molar-refractivity contribution is -0.122. The molecule has 96 valence electrons. The van der Waals surface area contributed by atoms with Gasteiger partial charge in [-0.1, -0.05) is 39.0 Å². The van der Waals surface area contributed by atoms with E-state index in [4.69, 9.17) is 0 Å². The molecule has 0 aromatic rings. The van der Waals surface area contributed by atoms with E-state index in [-0.39, 0.29) is 5.91 Å². The van der Waals surface area contributed by atoms with Crippen LogP contribution in [0.1, 0.15) is 65.7 Å². The lowest BCUT2D eigenvalue weighted by atomic mass is 10.1. The minimum atomic E-state index is -0.809. The van der Waals surface area contributed by atoms with Crippen molar-refractivity contribution in [1.29, 1.82) is 0 Å². The van der Waals surface area contributed by atoms with Crippen LogP contribution in [-0.4, -0.2) is 23.2 Å². The first-order chi connectivity index (χ1) is 7.45. The molecule has 3 heteroatoms. The number of rotatable bonds is 9. The summed E-state index contributed by atoms with van der Waals surface area (Å²) in [6, 6.07) is 0. The van der Waals surface area contributed by atoms with Crippen LogP contribution in [0, 0.1) is 0 Å². The van der Waals surface area contributed by atoms with Gasteiger partial charge in [-0.3, -0.25) is 4.79 Å². The standard InChI is InChI=1S/C13H27NO2/c1-4-5-6-7-8-9-10-12(15)14-11-13(2,3)16/h16H,4-11H2,1-3H3,(H,14,15). The van der Waals surface area contributed by atoms with Crippen molar-refractivity contribution in [3.63, 3.8) is 0 Å². The molecule has 16 heavy (non-hydrogen) atoms. The minimum Gasteiger partial charge on any atom is -0.389 e. The molecule has 0 heterocycles. The predicted octanol–water partition coefficient (Wildman–Crippen LogP) is 2.62. The predicted molar refractivity (Wildman–Crippen MR) is 67.3 cm³/mol. The van der Waals surface area contributed by atoms with Crippen molar-refractivity contribution in [1.82, 2.24) is 5.32 Å². The second-order valence-electron chi connectivity index (χ2n) is 5.11. The fourth-order valence-electron chi connectivity index (χ4n) is 1.47. The molecule has 0 aromatic carbocycles. The molecule has 0 aliphatic heterocycles. The molecule has 0 unspecified atom stereocenters. The van der Waals surface area contributed by atoms with Crippen LogP contribution < -0.4 is 5.32 Å². The lowest BCUT2D eigenvalue weighted by Crippen LogP contribution is -2.38. The summed E-state index contributed by atoms with van der Waals surface area (Å²) in [4.78, 5) is 11.4. The molecule has 2 N–H and O–H groups in total. The zero-order valence-electron chi connectivity index (χ0n) is 11.0. The number of carbonyl (C=O) groups excluding carboxylic acids is 1. The summed E-state index contributed by atoms with van der Waals surface area (Å²) < 4.78 is 0. The van der Waals surface area contributed by atoms with Gasteiger partial charge in [0.1, 0.15) is 0 Å². The van der Waals surface area contributed by atoms with Gasteiger partial charge in [0, 0.05) is 13.0 Å². The highest BCUT2D eigenvalue weighted by atomic mass is 16.3. The molecule has 0 rings (SSSR count). The molecular weight excluding hydrogens is 202 g/mol. The summed E-state index contributed by atoms with van der Waals surface area (Å²) >= 11 is 0. The average molecular weight is 229 g/mol. The molecule has 0 saturated heterocycles. The number of unbranched alkanes of at least 4 members (excludes halogenated alkanes) is 5. The maximum atomic E-state index is 11.4. The van der Waals surface area contributed by atoms with E-state index in [1.807, 2.05) is 0 Å². The fraction of sp³-hybridized carbons (Fsp3) is 0.923. The van der Waals surface area contributed by atoms with E-state index >= 15 is 0 Å². The summed E-state index contributed by atoms with van der Waals surface area (Å²) in [6.45, 7) is 5.92. The number of hydrogen-bond donors (Lipinski definition) is 2. The second-order valence-corrected chi connectivity index (χ2v) is 5.11. The van der Waals surface area contributed by atoms with Gasteiger partial charge in [-0.05, 0) is 20.3 Å². The molecule has 0 spiro atoms. The highest BCUT2D eigenvalue weighted by Crippen LogP contribution is 2.07. The van der Waals surface area contributed by atoms with E-state index in [1.165, 1.54) is 25.7 Å². The minimum absolute atomic E-state index is 0.0533. The normalized spacial score (nSPS) is 11.5. The van der Waals surface area contributed by atoms with E-state index in [0.717, 1.165) is 12.8 Å². The third-order valence-corrected chi connectivity index (χ3v) is 2.48. The Bertz CT molecular complexity index is 185. The maximum Gasteiger partial charge on any atom is 0.220 e. The van der Waals surface area contributed by atoms with Gasteiger partial charge in [0.25, 0.3) is 0 Å². The number of amides is 1. The Morgan fingerprint density at radius 2 is 1.69 bits per heavy atom. The van der Waals surface area contributed by atoms with Gasteiger partial charge in [0.15, 0.2) is 0 Å². The van der Waals surface area contributed by atoms with Crippen LogP contribution in [0.3, 0.4) is 0 Å². The van der Waals surface area contributed by atoms with Gasteiger partial charge in [-0.15, -0.1) is 0 Å². The van der Waals surface area contributed by atoms with E-state index in [2.05, 4.69) is 12.2 Å². The first-order valence-corrected chi connectivity index (χ1v) is 6.45. The Kier molecular flexibility index (Phi) is 8.26. The summed E-state index contributed by atoms with van der Waals surface area (Å²) in [5, 5.41) is 12.2. The van der Waals surface area contributed by atoms with E-state index in [1.54, 1.807) is 13.8 Å². The zero-order valence-corrected chi connectivity index (χ0v) is 11.0. The van der Waals surface area contributed by atoms with E-state index < -0.39 is 5.60 Å². The summed E-state index contributed by atoms with van der Waals surface area (Å²) in [7, 11) is 0. The van der Waals surface area contributed by atoms with Gasteiger partial charge in [-0.25, -0.2) is 0 Å². The smallest absolute Gasteiger partial charge is 0.220 e. The number of nitrogens with one attached hydrogen (secondary N) is 1. The molecule has 0 aliphatic carbocycles. The van der Waals surface area contributed by atoms with Crippen molar-refractivity contribution < 1.29 is 9.90 Å². The van der Waals surface area contributed by atoms with Crippen molar-refractivity contribution in [3.05, 3.63) is 0 Å². The Morgan fingerprint density at radius 3 is 2.25 bits per heavy atom. The summed E-state index contributed by atoms with van der Waals surface area (Å²) in [6.07, 6.45) is 7.74. The molecule has 0 saturated carbocycles. The molecule has 0 fully saturated rings. The monoisotopic (exact) mass is 229 g/mol. The molecule has 3 nitrogen and oxygen atoms in total. The van der Waals surface area contributed by atoms with Crippen molar-refractivity contribution >= 4 is 5.91 Å². The van der Waals surface area contributed by atoms with E-state index in [9.17, 15) is 9.90 Å². The lowest BCUT2D eigenvalue weighted by Gasteiger charge is -2.17. The van der Waals surface area contributed by atoms with Crippen molar-refractivity contribution in [2.75, 3.05) is 6.54 Å². The Labute approximate surface area is 99.6 Å². The average Bonchev–Trinajstić information content (AvgIpc) is 2.19. The summed E-state index contributed by atoms with van der Waals surface area (Å²) in [5.74, 6) is 0.0533. The molecule has 0 aliphatic rings. The molecule has 0 atom stereocenters. The molecule has 0 aromatic heterocycles. The van der Waals surface area contributed by atoms with Crippen LogP contribution in [0.15, 0.2) is 0 Å². The topological polar surface area (TPSA) is 49.3 Å². The molecule has 0 radical (unpaired) electrons. The van der Waals surface area contributed by atoms with Crippen LogP contribution in [0.25, 0.3) is 0 Å². The van der Waals surface area contributed by atoms with Gasteiger partial charge in [-0.2, -0.15) is 0 Å². The van der Waals surface area contributed by atoms with E-state index in [0.29, 0.717) is 13.0 Å². The Hall–Kier alpha value is -0.570. The van der Waals surface area contributed by atoms with Crippen molar-refractivity contribution in [3.8, 4) is 0 Å². The van der Waals surface area contributed by atoms with Gasteiger partial charge in [0.2, 0.25) is 5.91 Å². The number of aliphatic hydroxyl groups is 1. The molecule has 1 amide bonds. The van der Waals surface area contributed by atoms with Crippen molar-refractivity contribution in [2.24, 2.45) is 0 Å². The third kappa shape index (κ3) is 11.5. The summed E-state index contributed by atoms with van der Waals surface area (Å²) in [5.41, 5.74) is -0.809. The molecule has 0 bridgehead atoms. The number of carbonyl (C=O) groups is 1. The van der Waals surface area contributed by atoms with Crippen LogP contribution in [-0.2, 0) is 4.79 Å². The first kappa shape index (κ1) is 15.4. The quantitative estimate of drug-likeness (QED) is 0.597. The van der Waals surface area contributed by atoms with Crippen LogP contribution in [0.2, 0.25) is 0 Å². The molecular formula is C13H27NO2. The fourth-order valence-corrected chi connectivity index (χ4v) is 1.47. The Morgan fingerprint density at radius 1 is 1.12 bits per heavy atom. The zero-order chi connectivity index (χ0) is 12.4. The number of hydrogen-bond acceptors (Lipinski definition) is 2. The van der Waals surface area contributed by atoms with Gasteiger partial charge >= 0.3 is 0 Å². The van der Waals surface area contributed by atoms with Crippen LogP contribution >= 0.6 is 0 Å². The highest BCUT2D eigenvalue weighted by Gasteiger charge is 2.13. The SMILES string of the molecule is CCCCCCCCC(=O)NCC(C)(C)O. The van der Waals surface area contributed by atoms with Crippen molar-refractivity contribution in [2.45, 2.75) is 71.3 Å². The Balaban J connectivity index is 3.31. The largest absolute Gasteiger partial charge is 0.389 e. The third-order valence-electron chi connectivity index (χ3n) is 2.48. The highest BCUT2D eigenvalue weighted by molar-refractivity contribution is 5.75.